The minimum Gasteiger partial charge on any atom is -0.371 e. The van der Waals surface area contributed by atoms with Crippen molar-refractivity contribution in [2.75, 3.05) is 23.3 Å². The van der Waals surface area contributed by atoms with Gasteiger partial charge in [0.05, 0.1) is 5.56 Å². The normalized spacial score (nSPS) is 17.0. The molecular weight excluding hydrogens is 374 g/mol. The molecule has 2 fully saturated rings. The summed E-state index contributed by atoms with van der Waals surface area (Å²) in [7, 11) is 0. The van der Waals surface area contributed by atoms with Gasteiger partial charge >= 0.3 is 0 Å². The highest BCUT2D eigenvalue weighted by Gasteiger charge is 2.23. The van der Waals surface area contributed by atoms with Crippen molar-refractivity contribution in [3.8, 4) is 0 Å². The molecule has 1 heterocycles. The van der Waals surface area contributed by atoms with Gasteiger partial charge in [-0.2, -0.15) is 0 Å². The summed E-state index contributed by atoms with van der Waals surface area (Å²) in [5.41, 5.74) is 4.00. The quantitative estimate of drug-likeness (QED) is 0.743. The zero-order chi connectivity index (χ0) is 20.9. The van der Waals surface area contributed by atoms with Crippen LogP contribution >= 0.6 is 0 Å². The van der Waals surface area contributed by atoms with Crippen LogP contribution in [0.3, 0.4) is 0 Å². The first kappa shape index (κ1) is 20.5. The third kappa shape index (κ3) is 4.84. The molecule has 2 amide bonds. The second-order valence-corrected chi connectivity index (χ2v) is 8.55. The Morgan fingerprint density at radius 2 is 1.57 bits per heavy atom. The molecule has 1 aliphatic carbocycles. The van der Waals surface area contributed by atoms with Gasteiger partial charge in [0.2, 0.25) is 0 Å². The van der Waals surface area contributed by atoms with Crippen LogP contribution in [0.25, 0.3) is 0 Å². The second-order valence-electron chi connectivity index (χ2n) is 8.55. The van der Waals surface area contributed by atoms with Crippen LogP contribution < -0.4 is 15.5 Å². The zero-order valence-corrected chi connectivity index (χ0v) is 17.7. The summed E-state index contributed by atoms with van der Waals surface area (Å²) in [6.45, 7) is 3.94. The SMILES string of the molecule is Cc1ccc(C(=O)Nc2ccc(N3CCCC3)c(C(=O)NC3CCCCC3)c2)cc1. The number of nitrogens with one attached hydrogen (secondary N) is 2. The molecule has 0 unspecified atom stereocenters. The summed E-state index contributed by atoms with van der Waals surface area (Å²) in [5.74, 6) is -0.196. The van der Waals surface area contributed by atoms with Crippen LogP contribution in [0.15, 0.2) is 42.5 Å². The van der Waals surface area contributed by atoms with Gasteiger partial charge in [0, 0.05) is 36.1 Å². The largest absolute Gasteiger partial charge is 0.371 e. The molecule has 1 aliphatic heterocycles. The van der Waals surface area contributed by atoms with Crippen molar-refractivity contribution in [2.24, 2.45) is 0 Å². The van der Waals surface area contributed by atoms with Crippen LogP contribution in [0.4, 0.5) is 11.4 Å². The van der Waals surface area contributed by atoms with Crippen molar-refractivity contribution in [3.05, 3.63) is 59.2 Å². The van der Waals surface area contributed by atoms with E-state index in [4.69, 9.17) is 0 Å². The topological polar surface area (TPSA) is 61.4 Å². The maximum atomic E-state index is 13.2. The predicted molar refractivity (Wildman–Crippen MR) is 121 cm³/mol. The van der Waals surface area contributed by atoms with Gasteiger partial charge in [-0.25, -0.2) is 0 Å². The van der Waals surface area contributed by atoms with E-state index in [0.717, 1.165) is 50.0 Å². The van der Waals surface area contributed by atoms with E-state index in [1.165, 1.54) is 19.3 Å². The summed E-state index contributed by atoms with van der Waals surface area (Å²) in [6, 6.07) is 13.5. The molecule has 0 atom stereocenters. The van der Waals surface area contributed by atoms with Crippen molar-refractivity contribution < 1.29 is 9.59 Å². The van der Waals surface area contributed by atoms with Gasteiger partial charge in [-0.05, 0) is 62.9 Å². The second kappa shape index (κ2) is 9.33. The Kier molecular flexibility index (Phi) is 6.36. The number of nitrogens with zero attached hydrogens (tertiary/aromatic N) is 1. The van der Waals surface area contributed by atoms with Gasteiger partial charge in [-0.1, -0.05) is 37.0 Å². The molecule has 2 aromatic rings. The number of hydrogen-bond donors (Lipinski definition) is 2. The molecule has 5 heteroatoms. The summed E-state index contributed by atoms with van der Waals surface area (Å²) >= 11 is 0. The van der Waals surface area contributed by atoms with E-state index in [0.29, 0.717) is 16.8 Å². The Morgan fingerprint density at radius 3 is 2.27 bits per heavy atom. The first-order valence-corrected chi connectivity index (χ1v) is 11.2. The lowest BCUT2D eigenvalue weighted by Crippen LogP contribution is -2.37. The van der Waals surface area contributed by atoms with Crippen LogP contribution in [-0.4, -0.2) is 30.9 Å². The van der Waals surface area contributed by atoms with Crippen molar-refractivity contribution in [2.45, 2.75) is 57.9 Å². The number of carbonyl (C=O) groups is 2. The third-order valence-corrected chi connectivity index (χ3v) is 6.20. The van der Waals surface area contributed by atoms with Crippen molar-refractivity contribution >= 4 is 23.2 Å². The van der Waals surface area contributed by atoms with Gasteiger partial charge in [0.25, 0.3) is 11.8 Å². The molecule has 2 aromatic carbocycles. The van der Waals surface area contributed by atoms with Crippen molar-refractivity contribution in [3.63, 3.8) is 0 Å². The van der Waals surface area contributed by atoms with E-state index in [1.807, 2.05) is 49.4 Å². The predicted octanol–water partition coefficient (Wildman–Crippen LogP) is 4.91. The van der Waals surface area contributed by atoms with Gasteiger partial charge in [0.15, 0.2) is 0 Å². The van der Waals surface area contributed by atoms with E-state index in [1.54, 1.807) is 0 Å². The number of rotatable bonds is 5. The number of benzene rings is 2. The lowest BCUT2D eigenvalue weighted by atomic mass is 9.95. The molecule has 0 radical (unpaired) electrons. The molecule has 2 aliphatic rings. The minimum atomic E-state index is -0.164. The molecule has 30 heavy (non-hydrogen) atoms. The first-order valence-electron chi connectivity index (χ1n) is 11.2. The van der Waals surface area contributed by atoms with Crippen molar-refractivity contribution in [1.29, 1.82) is 0 Å². The van der Waals surface area contributed by atoms with Gasteiger partial charge in [-0.15, -0.1) is 0 Å². The number of anilines is 2. The van der Waals surface area contributed by atoms with Crippen LogP contribution in [-0.2, 0) is 0 Å². The van der Waals surface area contributed by atoms with Gasteiger partial charge < -0.3 is 15.5 Å². The Hall–Kier alpha value is -2.82. The lowest BCUT2D eigenvalue weighted by molar-refractivity contribution is 0.0927. The monoisotopic (exact) mass is 405 g/mol. The highest BCUT2D eigenvalue weighted by Crippen LogP contribution is 2.28. The lowest BCUT2D eigenvalue weighted by Gasteiger charge is -2.25. The smallest absolute Gasteiger partial charge is 0.255 e. The molecule has 0 bridgehead atoms. The minimum absolute atomic E-state index is 0.0322. The summed E-state index contributed by atoms with van der Waals surface area (Å²) in [4.78, 5) is 28.1. The van der Waals surface area contributed by atoms with E-state index in [9.17, 15) is 9.59 Å². The van der Waals surface area contributed by atoms with Gasteiger partial charge in [0.1, 0.15) is 0 Å². The van der Waals surface area contributed by atoms with E-state index < -0.39 is 0 Å². The number of carbonyl (C=O) groups excluding carboxylic acids is 2. The molecule has 0 spiro atoms. The fourth-order valence-corrected chi connectivity index (χ4v) is 4.45. The fourth-order valence-electron chi connectivity index (χ4n) is 4.45. The average molecular weight is 406 g/mol. The van der Waals surface area contributed by atoms with E-state index >= 15 is 0 Å². The van der Waals surface area contributed by atoms with E-state index in [-0.39, 0.29) is 17.9 Å². The first-order chi connectivity index (χ1) is 14.6. The summed E-state index contributed by atoms with van der Waals surface area (Å²) < 4.78 is 0. The number of hydrogen-bond acceptors (Lipinski definition) is 3. The number of amides is 2. The molecule has 1 saturated carbocycles. The van der Waals surface area contributed by atoms with Crippen LogP contribution in [0.2, 0.25) is 0 Å². The number of aryl methyl sites for hydroxylation is 1. The third-order valence-electron chi connectivity index (χ3n) is 6.20. The van der Waals surface area contributed by atoms with Gasteiger partial charge in [-0.3, -0.25) is 9.59 Å². The van der Waals surface area contributed by atoms with Crippen LogP contribution in [0, 0.1) is 6.92 Å². The Balaban J connectivity index is 1.56. The molecule has 2 N–H and O–H groups in total. The highest BCUT2D eigenvalue weighted by molar-refractivity contribution is 6.06. The zero-order valence-electron chi connectivity index (χ0n) is 17.7. The fraction of sp³-hybridized carbons (Fsp3) is 0.440. The molecular formula is C25H31N3O2. The van der Waals surface area contributed by atoms with Crippen LogP contribution in [0.5, 0.6) is 0 Å². The maximum absolute atomic E-state index is 13.2. The summed E-state index contributed by atoms with van der Waals surface area (Å²) in [6.07, 6.45) is 8.01. The summed E-state index contributed by atoms with van der Waals surface area (Å²) in [5, 5.41) is 6.20. The molecule has 4 rings (SSSR count). The molecule has 158 valence electrons. The molecule has 1 saturated heterocycles. The molecule has 5 nitrogen and oxygen atoms in total. The Labute approximate surface area is 178 Å². The highest BCUT2D eigenvalue weighted by atomic mass is 16.2. The standard InChI is InChI=1S/C25H31N3O2/c1-18-9-11-19(12-10-18)24(29)27-21-13-14-23(28-15-5-6-16-28)22(17-21)25(30)26-20-7-3-2-4-8-20/h9-14,17,20H,2-8,15-16H2,1H3,(H,26,30)(H,27,29). The Bertz CT molecular complexity index is 895. The van der Waals surface area contributed by atoms with E-state index in [2.05, 4.69) is 15.5 Å². The average Bonchev–Trinajstić information content (AvgIpc) is 3.29. The Morgan fingerprint density at radius 1 is 0.867 bits per heavy atom. The van der Waals surface area contributed by atoms with Crippen LogP contribution in [0.1, 0.15) is 71.2 Å². The van der Waals surface area contributed by atoms with Crippen molar-refractivity contribution in [1.82, 2.24) is 5.32 Å². The molecule has 0 aromatic heterocycles. The maximum Gasteiger partial charge on any atom is 0.255 e.